The molecule has 0 aromatic rings. The first-order chi connectivity index (χ1) is 13.0. The van der Waals surface area contributed by atoms with E-state index < -0.39 is 23.6 Å². The van der Waals surface area contributed by atoms with Crippen LogP contribution in [0.15, 0.2) is 23.3 Å². The Bertz CT molecular complexity index is 765. The fraction of sp³-hybridized carbons (Fsp3) is 0.682. The van der Waals surface area contributed by atoms with Crippen molar-refractivity contribution in [3.8, 4) is 0 Å². The number of fused-ring (bicyclic) bond motifs is 3. The third-order valence-electron chi connectivity index (χ3n) is 7.03. The van der Waals surface area contributed by atoms with E-state index >= 15 is 0 Å². The van der Waals surface area contributed by atoms with Crippen LogP contribution in [-0.4, -0.2) is 35.7 Å². The van der Waals surface area contributed by atoms with Gasteiger partial charge in [-0.3, -0.25) is 4.79 Å². The smallest absolute Gasteiger partial charge is 0.351 e. The summed E-state index contributed by atoms with van der Waals surface area (Å²) in [5, 5.41) is 0. The Morgan fingerprint density at radius 1 is 1.29 bits per heavy atom. The standard InChI is InChI=1S/C22H30O6/c1-7-12(2)19(24)28-22(6)15-10-11-21(5)16(26-14(4)23)9-8-13(3)17(21)18(15)27-20(22)25/h7-8,15-18H,9-11H2,1-6H3. The van der Waals surface area contributed by atoms with Gasteiger partial charge in [-0.05, 0) is 40.5 Å². The Labute approximate surface area is 166 Å². The van der Waals surface area contributed by atoms with Crippen molar-refractivity contribution in [1.29, 1.82) is 0 Å². The molecule has 3 rings (SSSR count). The monoisotopic (exact) mass is 390 g/mol. The van der Waals surface area contributed by atoms with Gasteiger partial charge in [0.15, 0.2) is 0 Å². The molecule has 0 radical (unpaired) electrons. The van der Waals surface area contributed by atoms with Gasteiger partial charge in [-0.1, -0.05) is 24.6 Å². The minimum absolute atomic E-state index is 0.0726. The van der Waals surface area contributed by atoms with Crippen LogP contribution in [0.2, 0.25) is 0 Å². The molecule has 0 bridgehead atoms. The molecule has 0 aromatic heterocycles. The van der Waals surface area contributed by atoms with Gasteiger partial charge in [0.1, 0.15) is 12.2 Å². The molecule has 0 spiro atoms. The largest absolute Gasteiger partial charge is 0.462 e. The van der Waals surface area contributed by atoms with Crippen LogP contribution >= 0.6 is 0 Å². The highest BCUT2D eigenvalue weighted by molar-refractivity contribution is 5.92. The first-order valence-corrected chi connectivity index (χ1v) is 9.95. The van der Waals surface area contributed by atoms with Crippen LogP contribution in [0.25, 0.3) is 0 Å². The maximum atomic E-state index is 12.8. The molecule has 6 heteroatoms. The molecule has 0 aromatic carbocycles. The topological polar surface area (TPSA) is 78.9 Å². The molecule has 6 atom stereocenters. The zero-order chi connectivity index (χ0) is 20.9. The van der Waals surface area contributed by atoms with Gasteiger partial charge in [-0.15, -0.1) is 0 Å². The maximum Gasteiger partial charge on any atom is 0.351 e. The second-order valence-electron chi connectivity index (χ2n) is 8.75. The van der Waals surface area contributed by atoms with E-state index in [9.17, 15) is 14.4 Å². The Kier molecular flexibility index (Phi) is 5.19. The molecule has 1 saturated carbocycles. The predicted octanol–water partition coefficient (Wildman–Crippen LogP) is 3.49. The summed E-state index contributed by atoms with van der Waals surface area (Å²) in [6.45, 7) is 10.7. The van der Waals surface area contributed by atoms with Gasteiger partial charge < -0.3 is 14.2 Å². The number of ether oxygens (including phenoxy) is 3. The van der Waals surface area contributed by atoms with Crippen LogP contribution < -0.4 is 0 Å². The number of rotatable bonds is 3. The van der Waals surface area contributed by atoms with Gasteiger partial charge in [0, 0.05) is 36.2 Å². The van der Waals surface area contributed by atoms with E-state index in [0.717, 1.165) is 12.0 Å². The van der Waals surface area contributed by atoms with Crippen LogP contribution in [-0.2, 0) is 28.6 Å². The maximum absolute atomic E-state index is 12.8. The molecule has 3 aliphatic rings. The Balaban J connectivity index is 1.93. The van der Waals surface area contributed by atoms with E-state index in [1.165, 1.54) is 6.92 Å². The van der Waals surface area contributed by atoms with Crippen molar-refractivity contribution < 1.29 is 28.6 Å². The van der Waals surface area contributed by atoms with Gasteiger partial charge in [-0.2, -0.15) is 0 Å². The van der Waals surface area contributed by atoms with Crippen molar-refractivity contribution in [3.63, 3.8) is 0 Å². The second kappa shape index (κ2) is 7.05. The molecule has 0 amide bonds. The summed E-state index contributed by atoms with van der Waals surface area (Å²) in [6, 6.07) is 0. The minimum Gasteiger partial charge on any atom is -0.462 e. The lowest BCUT2D eigenvalue weighted by atomic mass is 9.54. The number of hydrogen-bond donors (Lipinski definition) is 0. The van der Waals surface area contributed by atoms with Crippen LogP contribution in [0, 0.1) is 17.3 Å². The molecule has 1 heterocycles. The lowest BCUT2D eigenvalue weighted by Gasteiger charge is -2.52. The molecular formula is C22H30O6. The fourth-order valence-electron chi connectivity index (χ4n) is 5.25. The van der Waals surface area contributed by atoms with Crippen LogP contribution in [0.3, 0.4) is 0 Å². The Morgan fingerprint density at radius 2 is 1.96 bits per heavy atom. The molecule has 1 aliphatic heterocycles. The van der Waals surface area contributed by atoms with Crippen molar-refractivity contribution >= 4 is 17.9 Å². The van der Waals surface area contributed by atoms with Crippen LogP contribution in [0.1, 0.15) is 60.8 Å². The number of carbonyl (C=O) groups is 3. The van der Waals surface area contributed by atoms with Gasteiger partial charge in [0.2, 0.25) is 5.60 Å². The molecule has 154 valence electrons. The first-order valence-electron chi connectivity index (χ1n) is 9.95. The Hall–Kier alpha value is -2.11. The summed E-state index contributed by atoms with van der Waals surface area (Å²) in [5.74, 6) is -1.59. The zero-order valence-corrected chi connectivity index (χ0v) is 17.5. The molecule has 1 saturated heterocycles. The van der Waals surface area contributed by atoms with Gasteiger partial charge in [0.05, 0.1) is 0 Å². The quantitative estimate of drug-likeness (QED) is 0.318. The van der Waals surface area contributed by atoms with Crippen molar-refractivity contribution in [2.24, 2.45) is 17.3 Å². The highest BCUT2D eigenvalue weighted by Gasteiger charge is 2.65. The van der Waals surface area contributed by atoms with E-state index in [4.69, 9.17) is 14.2 Å². The number of carbonyl (C=O) groups excluding carboxylic acids is 3. The van der Waals surface area contributed by atoms with E-state index in [-0.39, 0.29) is 29.3 Å². The normalized spacial score (nSPS) is 40.0. The molecule has 6 unspecified atom stereocenters. The summed E-state index contributed by atoms with van der Waals surface area (Å²) in [7, 11) is 0. The third-order valence-corrected chi connectivity index (χ3v) is 7.03. The third kappa shape index (κ3) is 3.07. The molecule has 2 fully saturated rings. The fourth-order valence-corrected chi connectivity index (χ4v) is 5.25. The summed E-state index contributed by atoms with van der Waals surface area (Å²) in [6.07, 6.45) is 5.17. The first kappa shape index (κ1) is 20.6. The lowest BCUT2D eigenvalue weighted by molar-refractivity contribution is -0.170. The summed E-state index contributed by atoms with van der Waals surface area (Å²) in [4.78, 5) is 36.8. The van der Waals surface area contributed by atoms with E-state index in [1.54, 1.807) is 26.8 Å². The number of hydrogen-bond acceptors (Lipinski definition) is 6. The van der Waals surface area contributed by atoms with E-state index in [1.807, 2.05) is 6.92 Å². The SMILES string of the molecule is CC=C(C)C(=O)OC1(C)C(=O)OC2C1CCC1(C)C(OC(C)=O)CC=C(C)C21. The Morgan fingerprint density at radius 3 is 2.57 bits per heavy atom. The van der Waals surface area contributed by atoms with Gasteiger partial charge >= 0.3 is 17.9 Å². The molecule has 28 heavy (non-hydrogen) atoms. The molecule has 2 aliphatic carbocycles. The van der Waals surface area contributed by atoms with Gasteiger partial charge in [-0.25, -0.2) is 9.59 Å². The summed E-state index contributed by atoms with van der Waals surface area (Å²) < 4.78 is 17.2. The lowest BCUT2D eigenvalue weighted by Crippen LogP contribution is -2.56. The second-order valence-corrected chi connectivity index (χ2v) is 8.75. The number of esters is 3. The van der Waals surface area contributed by atoms with E-state index in [0.29, 0.717) is 18.4 Å². The van der Waals surface area contributed by atoms with Crippen LogP contribution in [0.4, 0.5) is 0 Å². The molecule has 6 nitrogen and oxygen atoms in total. The summed E-state index contributed by atoms with van der Waals surface area (Å²) >= 11 is 0. The predicted molar refractivity (Wildman–Crippen MR) is 102 cm³/mol. The highest BCUT2D eigenvalue weighted by atomic mass is 16.6. The number of allylic oxidation sites excluding steroid dienone is 1. The van der Waals surface area contributed by atoms with Crippen molar-refractivity contribution in [3.05, 3.63) is 23.3 Å². The van der Waals surface area contributed by atoms with Crippen molar-refractivity contribution in [1.82, 2.24) is 0 Å². The average Bonchev–Trinajstić information content (AvgIpc) is 2.86. The van der Waals surface area contributed by atoms with Crippen molar-refractivity contribution in [2.45, 2.75) is 78.6 Å². The zero-order valence-electron chi connectivity index (χ0n) is 17.5. The summed E-state index contributed by atoms with van der Waals surface area (Å²) in [5.41, 5.74) is -0.0296. The molecular weight excluding hydrogens is 360 g/mol. The van der Waals surface area contributed by atoms with Crippen molar-refractivity contribution in [2.75, 3.05) is 0 Å². The average molecular weight is 390 g/mol. The highest BCUT2D eigenvalue weighted by Crippen LogP contribution is 2.58. The van der Waals surface area contributed by atoms with Crippen LogP contribution in [0.5, 0.6) is 0 Å². The van der Waals surface area contributed by atoms with E-state index in [2.05, 4.69) is 13.0 Å². The van der Waals surface area contributed by atoms with Gasteiger partial charge in [0.25, 0.3) is 0 Å². The minimum atomic E-state index is -1.30. The molecule has 0 N–H and O–H groups in total.